The third kappa shape index (κ3) is 3.51. The molecular formula is C12H22N2O3. The van der Waals surface area contributed by atoms with Gasteiger partial charge in [-0.25, -0.2) is 5.01 Å². The minimum Gasteiger partial charge on any atom is -0.354 e. The molecule has 2 N–H and O–H groups in total. The molecule has 0 aromatic heterocycles. The van der Waals surface area contributed by atoms with Crippen molar-refractivity contribution in [1.82, 2.24) is 5.01 Å². The molecule has 0 unspecified atom stereocenters. The number of carbonyl (C=O) groups is 1. The van der Waals surface area contributed by atoms with Crippen LogP contribution in [-0.4, -0.2) is 39.2 Å². The maximum absolute atomic E-state index is 11.5. The summed E-state index contributed by atoms with van der Waals surface area (Å²) in [4.78, 5) is 11.5. The van der Waals surface area contributed by atoms with Gasteiger partial charge in [0.1, 0.15) is 5.71 Å². The van der Waals surface area contributed by atoms with Gasteiger partial charge in [0.15, 0.2) is 0 Å². The molecule has 0 saturated heterocycles. The molecule has 1 aliphatic heterocycles. The van der Waals surface area contributed by atoms with Crippen LogP contribution in [0.3, 0.4) is 0 Å². The van der Waals surface area contributed by atoms with Crippen LogP contribution in [0.25, 0.3) is 0 Å². The lowest BCUT2D eigenvalue weighted by Gasteiger charge is -2.15. The van der Waals surface area contributed by atoms with Gasteiger partial charge in [-0.15, -0.1) is 0 Å². The second kappa shape index (κ2) is 6.12. The lowest BCUT2D eigenvalue weighted by atomic mass is 10.1. The molecular weight excluding hydrogens is 220 g/mol. The van der Waals surface area contributed by atoms with Crippen LogP contribution >= 0.6 is 0 Å². The van der Waals surface area contributed by atoms with E-state index in [0.717, 1.165) is 24.3 Å². The molecule has 1 rings (SSSR count). The summed E-state index contributed by atoms with van der Waals surface area (Å²) in [5.74, 6) is -3.12. The first-order valence-electron chi connectivity index (χ1n) is 6.32. The van der Waals surface area contributed by atoms with Crippen molar-refractivity contribution in [2.24, 2.45) is 5.10 Å². The molecule has 0 aliphatic carbocycles. The SMILES string of the molecule is CCCCCCCCN1N=C(C)C(O)(O)C1=O. The van der Waals surface area contributed by atoms with E-state index in [0.29, 0.717) is 6.54 Å². The van der Waals surface area contributed by atoms with Crippen LogP contribution in [0.2, 0.25) is 0 Å². The molecule has 98 valence electrons. The fourth-order valence-corrected chi connectivity index (χ4v) is 1.82. The van der Waals surface area contributed by atoms with Gasteiger partial charge in [-0.1, -0.05) is 39.0 Å². The zero-order chi connectivity index (χ0) is 12.9. The number of nitrogens with zero attached hydrogens (tertiary/aromatic N) is 2. The summed E-state index contributed by atoms with van der Waals surface area (Å²) in [5, 5.41) is 23.8. The van der Waals surface area contributed by atoms with Gasteiger partial charge in [-0.05, 0) is 13.3 Å². The Hall–Kier alpha value is -0.940. The number of aliphatic hydroxyl groups is 2. The lowest BCUT2D eigenvalue weighted by Crippen LogP contribution is -2.45. The van der Waals surface area contributed by atoms with E-state index in [9.17, 15) is 15.0 Å². The van der Waals surface area contributed by atoms with Gasteiger partial charge in [-0.2, -0.15) is 5.10 Å². The van der Waals surface area contributed by atoms with Crippen LogP contribution in [0.4, 0.5) is 0 Å². The number of unbranched alkanes of at least 4 members (excludes halogenated alkanes) is 5. The van der Waals surface area contributed by atoms with Crippen LogP contribution in [0.5, 0.6) is 0 Å². The third-order valence-electron chi connectivity index (χ3n) is 3.03. The number of amides is 1. The highest BCUT2D eigenvalue weighted by Gasteiger charge is 2.45. The fourth-order valence-electron chi connectivity index (χ4n) is 1.82. The van der Waals surface area contributed by atoms with Crippen molar-refractivity contribution in [1.29, 1.82) is 0 Å². The topological polar surface area (TPSA) is 73.1 Å². The number of carbonyl (C=O) groups excluding carboxylic acids is 1. The van der Waals surface area contributed by atoms with Crippen LogP contribution in [0.15, 0.2) is 5.10 Å². The smallest absolute Gasteiger partial charge is 0.309 e. The summed E-state index contributed by atoms with van der Waals surface area (Å²) in [6.07, 6.45) is 6.73. The summed E-state index contributed by atoms with van der Waals surface area (Å²) < 4.78 is 0. The Kier molecular flexibility index (Phi) is 5.08. The average Bonchev–Trinajstić information content (AvgIpc) is 2.48. The molecule has 0 aromatic carbocycles. The Labute approximate surface area is 102 Å². The maximum Gasteiger partial charge on any atom is 0.309 e. The Morgan fingerprint density at radius 1 is 1.18 bits per heavy atom. The summed E-state index contributed by atoms with van der Waals surface area (Å²) in [5.41, 5.74) is 0.0495. The maximum atomic E-state index is 11.5. The van der Waals surface area contributed by atoms with Gasteiger partial charge in [0.2, 0.25) is 0 Å². The quantitative estimate of drug-likeness (QED) is 0.521. The van der Waals surface area contributed by atoms with Crippen molar-refractivity contribution < 1.29 is 15.0 Å². The molecule has 0 aromatic rings. The van der Waals surface area contributed by atoms with Gasteiger partial charge >= 0.3 is 5.91 Å². The first-order valence-corrected chi connectivity index (χ1v) is 6.32. The van der Waals surface area contributed by atoms with Crippen molar-refractivity contribution in [3.05, 3.63) is 0 Å². The minimum absolute atomic E-state index is 0.0495. The largest absolute Gasteiger partial charge is 0.354 e. The van der Waals surface area contributed by atoms with Crippen molar-refractivity contribution in [2.75, 3.05) is 6.54 Å². The second-order valence-electron chi connectivity index (χ2n) is 4.55. The Morgan fingerprint density at radius 2 is 1.76 bits per heavy atom. The number of hydrazone groups is 1. The molecule has 0 radical (unpaired) electrons. The molecule has 1 heterocycles. The molecule has 17 heavy (non-hydrogen) atoms. The molecule has 0 spiro atoms. The first kappa shape index (κ1) is 14.1. The number of hydrogen-bond acceptors (Lipinski definition) is 4. The standard InChI is InChI=1S/C12H22N2O3/c1-3-4-5-6-7-8-9-14-11(15)12(16,17)10(2)13-14/h16-17H,3-9H2,1-2H3. The predicted molar refractivity (Wildman–Crippen MR) is 65.4 cm³/mol. The zero-order valence-electron chi connectivity index (χ0n) is 10.6. The average molecular weight is 242 g/mol. The van der Waals surface area contributed by atoms with Crippen LogP contribution in [-0.2, 0) is 4.79 Å². The summed E-state index contributed by atoms with van der Waals surface area (Å²) in [6, 6.07) is 0. The molecule has 5 nitrogen and oxygen atoms in total. The number of rotatable bonds is 7. The monoisotopic (exact) mass is 242 g/mol. The van der Waals surface area contributed by atoms with E-state index in [1.807, 2.05) is 0 Å². The van der Waals surface area contributed by atoms with Crippen LogP contribution in [0.1, 0.15) is 52.4 Å². The van der Waals surface area contributed by atoms with E-state index in [1.165, 1.54) is 26.2 Å². The lowest BCUT2D eigenvalue weighted by molar-refractivity contribution is -0.168. The highest BCUT2D eigenvalue weighted by molar-refractivity contribution is 6.12. The minimum atomic E-state index is -2.39. The summed E-state index contributed by atoms with van der Waals surface area (Å²) >= 11 is 0. The van der Waals surface area contributed by atoms with E-state index >= 15 is 0 Å². The summed E-state index contributed by atoms with van der Waals surface area (Å²) in [6.45, 7) is 4.08. The fraction of sp³-hybridized carbons (Fsp3) is 0.833. The van der Waals surface area contributed by atoms with Gasteiger partial charge in [0.25, 0.3) is 5.79 Å². The van der Waals surface area contributed by atoms with Crippen molar-refractivity contribution >= 4 is 11.6 Å². The van der Waals surface area contributed by atoms with Crippen molar-refractivity contribution in [3.8, 4) is 0 Å². The van der Waals surface area contributed by atoms with E-state index < -0.39 is 11.7 Å². The molecule has 1 aliphatic rings. The predicted octanol–water partition coefficient (Wildman–Crippen LogP) is 1.25. The number of hydrogen-bond donors (Lipinski definition) is 2. The molecule has 5 heteroatoms. The van der Waals surface area contributed by atoms with Gasteiger partial charge in [0.05, 0.1) is 0 Å². The third-order valence-corrected chi connectivity index (χ3v) is 3.03. The highest BCUT2D eigenvalue weighted by atomic mass is 16.5. The van der Waals surface area contributed by atoms with E-state index in [-0.39, 0.29) is 5.71 Å². The highest BCUT2D eigenvalue weighted by Crippen LogP contribution is 2.18. The summed E-state index contributed by atoms with van der Waals surface area (Å²) in [7, 11) is 0. The van der Waals surface area contributed by atoms with E-state index in [2.05, 4.69) is 12.0 Å². The molecule has 0 atom stereocenters. The Morgan fingerprint density at radius 3 is 2.29 bits per heavy atom. The van der Waals surface area contributed by atoms with Gasteiger partial charge in [0, 0.05) is 6.54 Å². The first-order chi connectivity index (χ1) is 8.00. The zero-order valence-corrected chi connectivity index (χ0v) is 10.6. The van der Waals surface area contributed by atoms with Crippen LogP contribution in [0, 0.1) is 0 Å². The normalized spacial score (nSPS) is 18.7. The van der Waals surface area contributed by atoms with Crippen LogP contribution < -0.4 is 0 Å². The van der Waals surface area contributed by atoms with E-state index in [1.54, 1.807) is 0 Å². The van der Waals surface area contributed by atoms with Crippen molar-refractivity contribution in [2.45, 2.75) is 58.2 Å². The molecule has 0 fully saturated rings. The Bertz CT molecular complexity index is 300. The van der Waals surface area contributed by atoms with Crippen molar-refractivity contribution in [3.63, 3.8) is 0 Å². The molecule has 0 bridgehead atoms. The second-order valence-corrected chi connectivity index (χ2v) is 4.55. The van der Waals surface area contributed by atoms with Gasteiger partial charge < -0.3 is 10.2 Å². The Balaban J connectivity index is 2.23. The molecule has 0 saturated carbocycles. The molecule has 1 amide bonds. The van der Waals surface area contributed by atoms with E-state index in [4.69, 9.17) is 0 Å². The van der Waals surface area contributed by atoms with Gasteiger partial charge in [-0.3, -0.25) is 4.79 Å².